The predicted molar refractivity (Wildman–Crippen MR) is 116 cm³/mol. The Morgan fingerprint density at radius 3 is 2.75 bits per heavy atom. The number of nitro benzene ring substituents is 1. The number of fused-ring (bicyclic) bond motifs is 1. The van der Waals surface area contributed by atoms with Crippen LogP contribution in [0.25, 0.3) is 0 Å². The van der Waals surface area contributed by atoms with Crippen LogP contribution < -0.4 is 14.8 Å². The second-order valence-corrected chi connectivity index (χ2v) is 7.64. The van der Waals surface area contributed by atoms with Crippen molar-refractivity contribution >= 4 is 11.6 Å². The summed E-state index contributed by atoms with van der Waals surface area (Å²) in [5.41, 5.74) is -0.605. The Hall–Kier alpha value is -3.65. The van der Waals surface area contributed by atoms with Gasteiger partial charge in [0.25, 0.3) is 5.69 Å². The highest BCUT2D eigenvalue weighted by Gasteiger charge is 2.43. The molecule has 0 unspecified atom stereocenters. The first-order chi connectivity index (χ1) is 15.3. The summed E-state index contributed by atoms with van der Waals surface area (Å²) in [6.07, 6.45) is 1.72. The number of aliphatic hydroxyl groups excluding tert-OH is 1. The van der Waals surface area contributed by atoms with E-state index in [1.807, 2.05) is 18.2 Å². The van der Waals surface area contributed by atoms with Gasteiger partial charge in [0.15, 0.2) is 0 Å². The Labute approximate surface area is 185 Å². The molecule has 9 heteroatoms. The van der Waals surface area contributed by atoms with Gasteiger partial charge in [-0.1, -0.05) is 18.2 Å². The molecule has 168 valence electrons. The summed E-state index contributed by atoms with van der Waals surface area (Å²) in [7, 11) is 0. The first-order valence-electron chi connectivity index (χ1n) is 9.92. The summed E-state index contributed by atoms with van der Waals surface area (Å²) in [6.45, 7) is 3.55. The minimum atomic E-state index is -1.02. The van der Waals surface area contributed by atoms with Gasteiger partial charge in [-0.15, -0.1) is 0 Å². The van der Waals surface area contributed by atoms with E-state index in [9.17, 15) is 20.0 Å². The summed E-state index contributed by atoms with van der Waals surface area (Å²) < 4.78 is 17.1. The zero-order chi connectivity index (χ0) is 23.1. The summed E-state index contributed by atoms with van der Waals surface area (Å²) in [5.74, 6) is 3.02. The maximum absolute atomic E-state index is 11.2. The van der Waals surface area contributed by atoms with E-state index in [4.69, 9.17) is 14.2 Å². The molecule has 2 aromatic carbocycles. The Bertz CT molecular complexity index is 1030. The van der Waals surface area contributed by atoms with Crippen LogP contribution >= 0.6 is 0 Å². The van der Waals surface area contributed by atoms with Crippen molar-refractivity contribution in [2.75, 3.05) is 13.2 Å². The van der Waals surface area contributed by atoms with Crippen LogP contribution in [0.5, 0.6) is 11.5 Å². The summed E-state index contributed by atoms with van der Waals surface area (Å²) in [4.78, 5) is 21.1. The summed E-state index contributed by atoms with van der Waals surface area (Å²) >= 11 is 0. The third-order valence-corrected chi connectivity index (χ3v) is 4.89. The van der Waals surface area contributed by atoms with E-state index in [0.717, 1.165) is 0 Å². The molecule has 32 heavy (non-hydrogen) atoms. The second-order valence-electron chi connectivity index (χ2n) is 7.64. The number of aliphatic hydroxyl groups is 1. The summed E-state index contributed by atoms with van der Waals surface area (Å²) in [5, 5.41) is 25.3. The quantitative estimate of drug-likeness (QED) is 0.201. The van der Waals surface area contributed by atoms with Gasteiger partial charge in [-0.3, -0.25) is 10.1 Å². The van der Waals surface area contributed by atoms with Gasteiger partial charge >= 0.3 is 0 Å². The maximum Gasteiger partial charge on any atom is 0.270 e. The van der Waals surface area contributed by atoms with E-state index in [2.05, 4.69) is 5.32 Å². The zero-order valence-electron chi connectivity index (χ0n) is 17.7. The van der Waals surface area contributed by atoms with Gasteiger partial charge in [0.05, 0.1) is 17.6 Å². The molecule has 0 aromatic heterocycles. The molecule has 2 aromatic rings. The molecule has 0 saturated carbocycles. The second kappa shape index (κ2) is 10.1. The van der Waals surface area contributed by atoms with E-state index in [0.29, 0.717) is 22.8 Å². The van der Waals surface area contributed by atoms with Crippen molar-refractivity contribution in [2.45, 2.75) is 31.6 Å². The molecule has 1 aliphatic heterocycles. The minimum absolute atomic E-state index is 0.0323. The number of ether oxygens (including phenoxy) is 3. The van der Waals surface area contributed by atoms with E-state index < -0.39 is 22.7 Å². The lowest BCUT2D eigenvalue weighted by molar-refractivity contribution is -0.385. The van der Waals surface area contributed by atoms with Crippen LogP contribution in [-0.4, -0.2) is 40.9 Å². The topological polar surface area (TPSA) is 120 Å². The van der Waals surface area contributed by atoms with Gasteiger partial charge in [-0.05, 0) is 32.0 Å². The van der Waals surface area contributed by atoms with Crippen LogP contribution in [0.4, 0.5) is 5.69 Å². The van der Waals surface area contributed by atoms with E-state index >= 15 is 0 Å². The smallest absolute Gasteiger partial charge is 0.270 e. The van der Waals surface area contributed by atoms with Gasteiger partial charge in [0.2, 0.25) is 0 Å². The molecule has 0 spiro atoms. The SMILES string of the molecule is CC1(C)Oc2ccc([N+](=O)[O-])cc2[C@@H](N/C=C(\COCC=C=O)Oc2ccccc2)[C@@H]1O. The molecule has 2 N–H and O–H groups in total. The van der Waals surface area contributed by atoms with Gasteiger partial charge in [-0.25, -0.2) is 4.79 Å². The molecule has 1 heterocycles. The maximum atomic E-state index is 11.2. The summed E-state index contributed by atoms with van der Waals surface area (Å²) in [6, 6.07) is 12.6. The molecular formula is C23H24N2O7. The third-order valence-electron chi connectivity index (χ3n) is 4.89. The normalized spacial score (nSPS) is 19.2. The van der Waals surface area contributed by atoms with Crippen LogP contribution in [0, 0.1) is 10.1 Å². The van der Waals surface area contributed by atoms with E-state index in [1.165, 1.54) is 30.5 Å². The largest absolute Gasteiger partial charge is 0.485 e. The Morgan fingerprint density at radius 1 is 1.31 bits per heavy atom. The lowest BCUT2D eigenvalue weighted by Gasteiger charge is -2.42. The average molecular weight is 440 g/mol. The highest BCUT2D eigenvalue weighted by Crippen LogP contribution is 2.41. The minimum Gasteiger partial charge on any atom is -0.485 e. The lowest BCUT2D eigenvalue weighted by atomic mass is 9.86. The molecule has 9 nitrogen and oxygen atoms in total. The van der Waals surface area contributed by atoms with Gasteiger partial charge in [0.1, 0.15) is 41.5 Å². The Kier molecular flexibility index (Phi) is 7.27. The van der Waals surface area contributed by atoms with Crippen molar-refractivity contribution in [2.24, 2.45) is 0 Å². The number of nitrogens with zero attached hydrogens (tertiary/aromatic N) is 1. The molecule has 0 radical (unpaired) electrons. The van der Waals surface area contributed by atoms with E-state index in [-0.39, 0.29) is 18.9 Å². The number of non-ortho nitro benzene ring substituents is 1. The Balaban J connectivity index is 1.90. The van der Waals surface area contributed by atoms with Crippen LogP contribution in [-0.2, 0) is 9.53 Å². The van der Waals surface area contributed by atoms with Crippen molar-refractivity contribution in [1.29, 1.82) is 0 Å². The first-order valence-corrected chi connectivity index (χ1v) is 9.92. The van der Waals surface area contributed by atoms with Crippen molar-refractivity contribution in [3.8, 4) is 11.5 Å². The first kappa shape index (κ1) is 23.0. The van der Waals surface area contributed by atoms with Gasteiger partial charge < -0.3 is 24.6 Å². The van der Waals surface area contributed by atoms with Crippen LogP contribution in [0.15, 0.2) is 66.6 Å². The molecule has 0 saturated heterocycles. The molecule has 0 amide bonds. The van der Waals surface area contributed by atoms with Gasteiger partial charge in [0, 0.05) is 30.0 Å². The number of nitrogens with one attached hydrogen (secondary N) is 1. The van der Waals surface area contributed by atoms with Crippen LogP contribution in [0.2, 0.25) is 0 Å². The Morgan fingerprint density at radius 2 is 2.06 bits per heavy atom. The molecule has 0 bridgehead atoms. The van der Waals surface area contributed by atoms with Crippen molar-refractivity contribution in [1.82, 2.24) is 5.32 Å². The van der Waals surface area contributed by atoms with E-state index in [1.54, 1.807) is 31.9 Å². The highest BCUT2D eigenvalue weighted by molar-refractivity contribution is 5.48. The number of hydrogen-bond donors (Lipinski definition) is 2. The lowest BCUT2D eigenvalue weighted by Crippen LogP contribution is -2.51. The zero-order valence-corrected chi connectivity index (χ0v) is 17.7. The fourth-order valence-corrected chi connectivity index (χ4v) is 3.26. The fourth-order valence-electron chi connectivity index (χ4n) is 3.26. The highest BCUT2D eigenvalue weighted by atomic mass is 16.6. The molecule has 1 aliphatic rings. The fraction of sp³-hybridized carbons (Fsp3) is 0.304. The van der Waals surface area contributed by atoms with Crippen molar-refractivity contribution in [3.05, 3.63) is 82.2 Å². The molecule has 0 aliphatic carbocycles. The number of rotatable bonds is 9. The number of carbonyl (C=O) groups excluding carboxylic acids is 1. The molecule has 0 fully saturated rings. The van der Waals surface area contributed by atoms with Crippen molar-refractivity contribution < 1.29 is 29.0 Å². The van der Waals surface area contributed by atoms with Crippen LogP contribution in [0.1, 0.15) is 25.5 Å². The molecular weight excluding hydrogens is 416 g/mol. The molecule has 2 atom stereocenters. The van der Waals surface area contributed by atoms with Gasteiger partial charge in [-0.2, -0.15) is 0 Å². The predicted octanol–water partition coefficient (Wildman–Crippen LogP) is 3.08. The number of hydrogen-bond acceptors (Lipinski definition) is 8. The number of nitro groups is 1. The average Bonchev–Trinajstić information content (AvgIpc) is 2.77. The van der Waals surface area contributed by atoms with Crippen LogP contribution in [0.3, 0.4) is 0 Å². The third kappa shape index (κ3) is 5.53. The number of para-hydroxylation sites is 1. The number of benzene rings is 2. The standard InChI is InChI=1S/C23H24N2O7/c1-23(2)22(27)21(19-13-16(25(28)29)9-10-20(19)32-23)24-14-18(15-30-12-6-11-26)31-17-7-4-3-5-8-17/h3-10,13-14,21-22,24,27H,12,15H2,1-2H3/b18-14+/t21-,22+/m1/s1. The monoisotopic (exact) mass is 440 g/mol. The molecule has 3 rings (SSSR count). The van der Waals surface area contributed by atoms with Crippen molar-refractivity contribution in [3.63, 3.8) is 0 Å².